The van der Waals surface area contributed by atoms with Crippen molar-refractivity contribution >= 4 is 29.1 Å². The molecule has 1 rings (SSSR count). The van der Waals surface area contributed by atoms with Crippen LogP contribution in [-0.2, 0) is 10.9 Å². The van der Waals surface area contributed by atoms with Crippen molar-refractivity contribution in [1.82, 2.24) is 0 Å². The molecule has 1 amide bonds. The molecule has 0 bridgehead atoms. The Morgan fingerprint density at radius 2 is 1.86 bits per heavy atom. The molecule has 1 aromatic rings. The zero-order chi connectivity index (χ0) is 17.3. The third kappa shape index (κ3) is 4.76. The van der Waals surface area contributed by atoms with Gasteiger partial charge in [-0.05, 0) is 26.8 Å². The number of carbonyl (C=O) groups is 1. The van der Waals surface area contributed by atoms with Gasteiger partial charge < -0.3 is 4.74 Å². The number of hydrogen-bond donors (Lipinski definition) is 1. The van der Waals surface area contributed by atoms with Crippen molar-refractivity contribution in [3.8, 4) is 0 Å². The van der Waals surface area contributed by atoms with Gasteiger partial charge >= 0.3 is 12.3 Å². The van der Waals surface area contributed by atoms with E-state index in [-0.39, 0.29) is 0 Å². The number of rotatable bonds is 2. The second-order valence-corrected chi connectivity index (χ2v) is 5.67. The predicted molar refractivity (Wildman–Crippen MR) is 73.0 cm³/mol. The summed E-state index contributed by atoms with van der Waals surface area (Å²) in [6, 6.07) is 1.20. The summed E-state index contributed by atoms with van der Waals surface area (Å²) >= 11 is 5.47. The van der Waals surface area contributed by atoms with Crippen LogP contribution in [0.4, 0.5) is 29.3 Å². The van der Waals surface area contributed by atoms with E-state index in [2.05, 4.69) is 0 Å². The third-order valence-corrected chi connectivity index (χ3v) is 2.43. The first kappa shape index (κ1) is 18.0. The lowest BCUT2D eigenvalue weighted by Crippen LogP contribution is -2.28. The van der Waals surface area contributed by atoms with Crippen molar-refractivity contribution in [2.45, 2.75) is 32.5 Å². The highest BCUT2D eigenvalue weighted by Gasteiger charge is 2.38. The normalized spacial score (nSPS) is 12.0. The van der Waals surface area contributed by atoms with Crippen molar-refractivity contribution in [3.05, 3.63) is 32.8 Å². The summed E-state index contributed by atoms with van der Waals surface area (Å²) in [5.74, 6) is 0. The summed E-state index contributed by atoms with van der Waals surface area (Å²) in [5.41, 5.74) is -4.41. The minimum Gasteiger partial charge on any atom is -0.444 e. The van der Waals surface area contributed by atoms with Gasteiger partial charge in [0.05, 0.1) is 10.5 Å². The third-order valence-electron chi connectivity index (χ3n) is 2.21. The molecule has 1 N–H and O–H groups in total. The molecule has 0 aromatic heterocycles. The summed E-state index contributed by atoms with van der Waals surface area (Å²) in [4.78, 5) is 21.4. The SMILES string of the molecule is CC(C)(C)OC(=O)Nc1c([N+](=O)[O-])cc(Cl)cc1C(F)(F)F. The second kappa shape index (κ2) is 5.99. The van der Waals surface area contributed by atoms with E-state index in [4.69, 9.17) is 16.3 Å². The number of nitrogens with one attached hydrogen (secondary N) is 1. The van der Waals surface area contributed by atoms with E-state index in [9.17, 15) is 28.1 Å². The van der Waals surface area contributed by atoms with Crippen LogP contribution in [0.1, 0.15) is 26.3 Å². The summed E-state index contributed by atoms with van der Waals surface area (Å²) in [7, 11) is 0. The summed E-state index contributed by atoms with van der Waals surface area (Å²) in [6.07, 6.45) is -6.19. The van der Waals surface area contributed by atoms with Gasteiger partial charge in [0.25, 0.3) is 5.69 Å². The van der Waals surface area contributed by atoms with Crippen LogP contribution in [0.25, 0.3) is 0 Å². The number of halogens is 4. The predicted octanol–water partition coefficient (Wildman–Crippen LogP) is 4.61. The summed E-state index contributed by atoms with van der Waals surface area (Å²) in [6.45, 7) is 4.48. The van der Waals surface area contributed by atoms with E-state index in [1.807, 2.05) is 0 Å². The zero-order valence-corrected chi connectivity index (χ0v) is 12.5. The molecule has 10 heteroatoms. The number of nitrogens with zero attached hydrogens (tertiary/aromatic N) is 1. The molecular formula is C12H12ClF3N2O4. The number of amides is 1. The fraction of sp³-hybridized carbons (Fsp3) is 0.417. The van der Waals surface area contributed by atoms with Gasteiger partial charge in [-0.2, -0.15) is 13.2 Å². The molecule has 0 aliphatic heterocycles. The number of anilines is 1. The van der Waals surface area contributed by atoms with Crippen LogP contribution in [0.5, 0.6) is 0 Å². The average Bonchev–Trinajstić information content (AvgIpc) is 2.26. The first-order valence-electron chi connectivity index (χ1n) is 5.86. The molecule has 1 aromatic carbocycles. The van der Waals surface area contributed by atoms with E-state index in [1.54, 1.807) is 5.32 Å². The maximum absolute atomic E-state index is 13.0. The van der Waals surface area contributed by atoms with E-state index in [1.165, 1.54) is 20.8 Å². The van der Waals surface area contributed by atoms with Gasteiger partial charge in [0.1, 0.15) is 11.3 Å². The Morgan fingerprint density at radius 3 is 2.27 bits per heavy atom. The largest absolute Gasteiger partial charge is 0.444 e. The minimum atomic E-state index is -4.94. The van der Waals surface area contributed by atoms with Gasteiger partial charge in [0.2, 0.25) is 0 Å². The van der Waals surface area contributed by atoms with Crippen molar-refractivity contribution < 1.29 is 27.6 Å². The Balaban J connectivity index is 3.37. The number of nitro groups is 1. The van der Waals surface area contributed by atoms with Crippen LogP contribution >= 0.6 is 11.6 Å². The Kier molecular flexibility index (Phi) is 4.91. The van der Waals surface area contributed by atoms with Gasteiger partial charge in [-0.25, -0.2) is 4.79 Å². The number of carbonyl (C=O) groups excluding carboxylic acids is 1. The molecule has 0 aliphatic carbocycles. The first-order chi connectivity index (χ1) is 9.81. The first-order valence-corrected chi connectivity index (χ1v) is 6.24. The van der Waals surface area contributed by atoms with Crippen molar-refractivity contribution in [2.24, 2.45) is 0 Å². The molecule has 122 valence electrons. The van der Waals surface area contributed by atoms with Gasteiger partial charge in [0.15, 0.2) is 0 Å². The summed E-state index contributed by atoms with van der Waals surface area (Å²) < 4.78 is 43.8. The molecule has 0 radical (unpaired) electrons. The lowest BCUT2D eigenvalue weighted by atomic mass is 10.1. The Hall–Kier alpha value is -2.03. The molecule has 22 heavy (non-hydrogen) atoms. The van der Waals surface area contributed by atoms with Crippen LogP contribution in [0.15, 0.2) is 12.1 Å². The smallest absolute Gasteiger partial charge is 0.418 e. The zero-order valence-electron chi connectivity index (χ0n) is 11.7. The number of benzene rings is 1. The van der Waals surface area contributed by atoms with E-state index in [0.29, 0.717) is 12.1 Å². The monoisotopic (exact) mass is 340 g/mol. The highest BCUT2D eigenvalue weighted by atomic mass is 35.5. The van der Waals surface area contributed by atoms with Gasteiger partial charge in [-0.3, -0.25) is 15.4 Å². The number of ether oxygens (including phenoxy) is 1. The fourth-order valence-electron chi connectivity index (χ4n) is 1.50. The van der Waals surface area contributed by atoms with Crippen LogP contribution in [-0.4, -0.2) is 16.6 Å². The molecule has 0 heterocycles. The highest BCUT2D eigenvalue weighted by Crippen LogP contribution is 2.41. The second-order valence-electron chi connectivity index (χ2n) is 5.23. The molecule has 0 spiro atoms. The van der Waals surface area contributed by atoms with Crippen molar-refractivity contribution in [2.75, 3.05) is 5.32 Å². The van der Waals surface area contributed by atoms with Crippen LogP contribution < -0.4 is 5.32 Å². The highest BCUT2D eigenvalue weighted by molar-refractivity contribution is 6.31. The topological polar surface area (TPSA) is 81.5 Å². The van der Waals surface area contributed by atoms with Gasteiger partial charge in [0, 0.05) is 11.1 Å². The number of alkyl halides is 3. The molecule has 0 saturated heterocycles. The Bertz CT molecular complexity index is 612. The van der Waals surface area contributed by atoms with Gasteiger partial charge in [-0.15, -0.1) is 0 Å². The Labute approximate surface area is 128 Å². The molecule has 0 unspecified atom stereocenters. The maximum Gasteiger partial charge on any atom is 0.418 e. The molecule has 0 atom stereocenters. The van der Waals surface area contributed by atoms with Crippen LogP contribution in [0.2, 0.25) is 5.02 Å². The van der Waals surface area contributed by atoms with E-state index >= 15 is 0 Å². The van der Waals surface area contributed by atoms with Crippen LogP contribution in [0.3, 0.4) is 0 Å². The van der Waals surface area contributed by atoms with Gasteiger partial charge in [-0.1, -0.05) is 11.6 Å². The molecule has 6 nitrogen and oxygen atoms in total. The molecule has 0 fully saturated rings. The average molecular weight is 341 g/mol. The summed E-state index contributed by atoms with van der Waals surface area (Å²) in [5, 5.41) is 12.2. The minimum absolute atomic E-state index is 0.478. The van der Waals surface area contributed by atoms with Crippen molar-refractivity contribution in [1.29, 1.82) is 0 Å². The molecule has 0 saturated carbocycles. The van der Waals surface area contributed by atoms with Crippen molar-refractivity contribution in [3.63, 3.8) is 0 Å². The number of hydrogen-bond acceptors (Lipinski definition) is 4. The standard InChI is InChI=1S/C12H12ClF3N2O4/c1-11(2,3)22-10(19)17-9-7(12(14,15)16)4-6(13)5-8(9)18(20)21/h4-5H,1-3H3,(H,17,19). The maximum atomic E-state index is 13.0. The Morgan fingerprint density at radius 1 is 1.32 bits per heavy atom. The van der Waals surface area contributed by atoms with E-state index < -0.39 is 44.8 Å². The van der Waals surface area contributed by atoms with E-state index in [0.717, 1.165) is 0 Å². The lowest BCUT2D eigenvalue weighted by molar-refractivity contribution is -0.384. The van der Waals surface area contributed by atoms with Crippen LogP contribution in [0, 0.1) is 10.1 Å². The fourth-order valence-corrected chi connectivity index (χ4v) is 1.71. The number of nitro benzene ring substituents is 1. The molecular weight excluding hydrogens is 329 g/mol. The molecule has 0 aliphatic rings. The lowest BCUT2D eigenvalue weighted by Gasteiger charge is -2.21. The quantitative estimate of drug-likeness (QED) is 0.629.